The molecule has 1 aliphatic carbocycles. The number of nitrogens with one attached hydrogen (secondary N) is 1. The largest absolute Gasteiger partial charge is 0.355 e. The number of aldehydes is 1. The van der Waals surface area contributed by atoms with Crippen LogP contribution in [-0.2, 0) is 14.8 Å². The molecular weight excluding hydrogens is 538 g/mol. The molecule has 1 aromatic heterocycles. The molecule has 1 aliphatic heterocycles. The molecular formula is C30H47N7O3S. The van der Waals surface area contributed by atoms with Crippen LogP contribution in [0.5, 0.6) is 0 Å². The number of aliphatic imine (C=N–C) groups is 2. The lowest BCUT2D eigenvalue weighted by Crippen LogP contribution is -2.42. The summed E-state index contributed by atoms with van der Waals surface area (Å²) < 4.78 is 25.9. The molecule has 0 radical (unpaired) electrons. The van der Waals surface area contributed by atoms with Gasteiger partial charge in [0.1, 0.15) is 6.33 Å². The highest BCUT2D eigenvalue weighted by Gasteiger charge is 2.30. The number of carbonyl (C=O) groups is 1. The third-order valence-corrected chi connectivity index (χ3v) is 9.97. The van der Waals surface area contributed by atoms with Crippen LogP contribution < -0.4 is 5.32 Å². The standard InChI is InChI=1S/C30H47N7O3S/c1-9-21(5)36(8)30(34-23(7)27-22(6)32-19-33-29(27)25-11-12-25)28(20(3)4)35-26(18-38)31-17-24-13-15-37(16-14-24)41(39,40)10-2/h18-19,21,24-25H,7,9-17H2,1-6,8H3,(H,31,35)/t21-/m1/s1. The highest BCUT2D eigenvalue weighted by molar-refractivity contribution is 7.89. The molecule has 2 aliphatic rings. The van der Waals surface area contributed by atoms with E-state index in [0.717, 1.165) is 60.9 Å². The fourth-order valence-corrected chi connectivity index (χ4v) is 6.04. The number of piperidine rings is 1. The quantitative estimate of drug-likeness (QED) is 0.221. The van der Waals surface area contributed by atoms with Crippen molar-refractivity contribution < 1.29 is 13.2 Å². The third-order valence-electron chi connectivity index (χ3n) is 8.09. The zero-order valence-corrected chi connectivity index (χ0v) is 26.6. The van der Waals surface area contributed by atoms with Crippen molar-refractivity contribution in [1.82, 2.24) is 24.5 Å². The van der Waals surface area contributed by atoms with E-state index in [1.54, 1.807) is 17.6 Å². The number of aryl methyl sites for hydroxylation is 1. The van der Waals surface area contributed by atoms with Crippen molar-refractivity contribution in [2.75, 3.05) is 32.4 Å². The first-order valence-electron chi connectivity index (χ1n) is 14.7. The second-order valence-corrected chi connectivity index (χ2v) is 13.6. The molecule has 1 saturated heterocycles. The molecule has 1 N–H and O–H groups in total. The van der Waals surface area contributed by atoms with Gasteiger partial charge in [-0.25, -0.2) is 27.7 Å². The SMILES string of the molecule is C=C(N=C(C(NC(C=O)=NCC1CCN(S(=O)(=O)CC)CC1)=C(C)C)N(C)[C@H](C)CC)c1c(C)ncnc1C1CC1. The van der Waals surface area contributed by atoms with Crippen LogP contribution in [0, 0.1) is 12.8 Å². The van der Waals surface area contributed by atoms with Gasteiger partial charge in [-0.05, 0) is 78.2 Å². The van der Waals surface area contributed by atoms with Crippen LogP contribution in [-0.4, -0.2) is 84.0 Å². The fraction of sp³-hybridized carbons (Fsp3) is 0.633. The Morgan fingerprint density at radius 1 is 1.22 bits per heavy atom. The molecule has 41 heavy (non-hydrogen) atoms. The van der Waals surface area contributed by atoms with Gasteiger partial charge in [0.05, 0.1) is 28.5 Å². The smallest absolute Gasteiger partial charge is 0.213 e. The van der Waals surface area contributed by atoms with E-state index in [1.165, 1.54) is 0 Å². The van der Waals surface area contributed by atoms with Gasteiger partial charge in [0.25, 0.3) is 0 Å². The zero-order chi connectivity index (χ0) is 30.3. The predicted octanol–water partition coefficient (Wildman–Crippen LogP) is 4.30. The lowest BCUT2D eigenvalue weighted by Gasteiger charge is -2.31. The molecule has 1 saturated carbocycles. The average Bonchev–Trinajstić information content (AvgIpc) is 3.81. The second-order valence-electron chi connectivity index (χ2n) is 11.3. The van der Waals surface area contributed by atoms with Gasteiger partial charge < -0.3 is 10.2 Å². The summed E-state index contributed by atoms with van der Waals surface area (Å²) in [7, 11) is -1.18. The Labute approximate surface area is 246 Å². The first-order chi connectivity index (χ1) is 19.4. The lowest BCUT2D eigenvalue weighted by atomic mass is 9.98. The van der Waals surface area contributed by atoms with E-state index in [1.807, 2.05) is 27.8 Å². The summed E-state index contributed by atoms with van der Waals surface area (Å²) >= 11 is 0. The number of hydrogen-bond acceptors (Lipinski definition) is 7. The molecule has 226 valence electrons. The summed E-state index contributed by atoms with van der Waals surface area (Å²) in [6, 6.07) is 0.176. The van der Waals surface area contributed by atoms with Gasteiger partial charge in [-0.15, -0.1) is 0 Å². The Kier molecular flexibility index (Phi) is 11.4. The lowest BCUT2D eigenvalue weighted by molar-refractivity contribution is -0.102. The Morgan fingerprint density at radius 3 is 2.41 bits per heavy atom. The monoisotopic (exact) mass is 585 g/mol. The molecule has 0 spiro atoms. The molecule has 0 aromatic carbocycles. The number of carbonyl (C=O) groups excluding carboxylic acids is 1. The number of amidine groups is 2. The molecule has 0 bridgehead atoms. The van der Waals surface area contributed by atoms with Crippen molar-refractivity contribution in [2.24, 2.45) is 15.9 Å². The molecule has 0 amide bonds. The summed E-state index contributed by atoms with van der Waals surface area (Å²) in [6.45, 7) is 17.6. The highest BCUT2D eigenvalue weighted by atomic mass is 32.2. The molecule has 10 nitrogen and oxygen atoms in total. The molecule has 2 heterocycles. The topological polar surface area (TPSA) is 120 Å². The van der Waals surface area contributed by atoms with E-state index in [2.05, 4.69) is 45.6 Å². The minimum absolute atomic E-state index is 0.112. The van der Waals surface area contributed by atoms with Crippen molar-refractivity contribution in [3.8, 4) is 0 Å². The van der Waals surface area contributed by atoms with Crippen LogP contribution in [0.25, 0.3) is 5.70 Å². The van der Waals surface area contributed by atoms with Crippen LogP contribution >= 0.6 is 0 Å². The zero-order valence-electron chi connectivity index (χ0n) is 25.8. The Morgan fingerprint density at radius 2 is 1.88 bits per heavy atom. The van der Waals surface area contributed by atoms with Gasteiger partial charge in [-0.2, -0.15) is 0 Å². The maximum atomic E-state index is 12.2. The average molecular weight is 586 g/mol. The van der Waals surface area contributed by atoms with Crippen LogP contribution in [0.3, 0.4) is 0 Å². The Bertz CT molecular complexity index is 1300. The molecule has 1 atom stereocenters. The number of sulfonamides is 1. The van der Waals surface area contributed by atoms with E-state index < -0.39 is 10.0 Å². The van der Waals surface area contributed by atoms with Gasteiger partial charge in [0.2, 0.25) is 10.0 Å². The normalized spacial score (nSPS) is 18.1. The summed E-state index contributed by atoms with van der Waals surface area (Å²) in [5.74, 6) is 1.63. The van der Waals surface area contributed by atoms with Crippen LogP contribution in [0.1, 0.15) is 89.6 Å². The summed E-state index contributed by atoms with van der Waals surface area (Å²) in [5.41, 5.74) is 4.97. The maximum Gasteiger partial charge on any atom is 0.213 e. The number of rotatable bonds is 12. The van der Waals surface area contributed by atoms with Crippen molar-refractivity contribution in [1.29, 1.82) is 0 Å². The maximum absolute atomic E-state index is 12.2. The van der Waals surface area contributed by atoms with Gasteiger partial charge >= 0.3 is 0 Å². The van der Waals surface area contributed by atoms with Gasteiger partial charge in [-0.1, -0.05) is 13.5 Å². The highest BCUT2D eigenvalue weighted by Crippen LogP contribution is 2.42. The summed E-state index contributed by atoms with van der Waals surface area (Å²) in [5, 5.41) is 3.28. The first-order valence-corrected chi connectivity index (χ1v) is 16.3. The third kappa shape index (κ3) is 8.31. The van der Waals surface area contributed by atoms with E-state index in [0.29, 0.717) is 42.8 Å². The minimum atomic E-state index is -3.18. The summed E-state index contributed by atoms with van der Waals surface area (Å²) in [6.07, 6.45) is 6.89. The molecule has 1 aromatic rings. The molecule has 3 rings (SSSR count). The first kappa shape index (κ1) is 32.6. The van der Waals surface area contributed by atoms with Crippen LogP contribution in [0.15, 0.2) is 34.2 Å². The fourth-order valence-electron chi connectivity index (χ4n) is 4.91. The second kappa shape index (κ2) is 14.3. The Balaban J connectivity index is 1.88. The molecule has 0 unspecified atom stereocenters. The molecule has 2 fully saturated rings. The van der Waals surface area contributed by atoms with Gasteiger partial charge in [-0.3, -0.25) is 9.79 Å². The van der Waals surface area contributed by atoms with Gasteiger partial charge in [0.15, 0.2) is 18.0 Å². The molecule has 11 heteroatoms. The number of hydrogen-bond donors (Lipinski definition) is 1. The predicted molar refractivity (Wildman–Crippen MR) is 166 cm³/mol. The number of likely N-dealkylation sites (N-methyl/N-ethyl adjacent to an activating group) is 1. The minimum Gasteiger partial charge on any atom is -0.355 e. The van der Waals surface area contributed by atoms with Crippen LogP contribution in [0.4, 0.5) is 0 Å². The summed E-state index contributed by atoms with van der Waals surface area (Å²) in [4.78, 5) is 32.9. The van der Waals surface area contributed by atoms with Crippen molar-refractivity contribution >= 4 is 33.7 Å². The van der Waals surface area contributed by atoms with E-state index >= 15 is 0 Å². The van der Waals surface area contributed by atoms with E-state index in [4.69, 9.17) is 4.99 Å². The number of nitrogens with zero attached hydrogens (tertiary/aromatic N) is 6. The Hall–Kier alpha value is -2.92. The number of aromatic nitrogens is 2. The van der Waals surface area contributed by atoms with E-state index in [9.17, 15) is 13.2 Å². The van der Waals surface area contributed by atoms with Crippen LogP contribution in [0.2, 0.25) is 0 Å². The van der Waals surface area contributed by atoms with E-state index in [-0.39, 0.29) is 23.5 Å². The van der Waals surface area contributed by atoms with Gasteiger partial charge in [0, 0.05) is 44.2 Å². The van der Waals surface area contributed by atoms with Crippen molar-refractivity contribution in [2.45, 2.75) is 85.6 Å². The number of allylic oxidation sites excluding steroid dienone is 1. The van der Waals surface area contributed by atoms with Crippen molar-refractivity contribution in [3.63, 3.8) is 0 Å². The van der Waals surface area contributed by atoms with Crippen molar-refractivity contribution in [3.05, 3.63) is 41.1 Å².